The lowest BCUT2D eigenvalue weighted by Gasteiger charge is -2.38. The average Bonchev–Trinajstić information content (AvgIpc) is 2.56. The van der Waals surface area contributed by atoms with E-state index in [1.807, 2.05) is 0 Å². The highest BCUT2D eigenvalue weighted by atomic mass is 127. The molecule has 1 saturated heterocycles. The van der Waals surface area contributed by atoms with E-state index in [1.165, 1.54) is 0 Å². The summed E-state index contributed by atoms with van der Waals surface area (Å²) in [6.45, 7) is 3.71. The fourth-order valence-electron chi connectivity index (χ4n) is 2.47. The second-order valence-electron chi connectivity index (χ2n) is 4.51. The van der Waals surface area contributed by atoms with Gasteiger partial charge in [-0.15, -0.1) is 0 Å². The first-order valence-corrected chi connectivity index (χ1v) is 6.95. The van der Waals surface area contributed by atoms with Crippen molar-refractivity contribution in [3.8, 4) is 11.8 Å². The molecule has 1 aromatic heterocycles. The molecule has 0 aliphatic carbocycles. The highest BCUT2D eigenvalue weighted by Crippen LogP contribution is 2.33. The highest BCUT2D eigenvalue weighted by Gasteiger charge is 2.31. The van der Waals surface area contributed by atoms with Crippen LogP contribution in [0.1, 0.15) is 12.0 Å². The third-order valence-electron chi connectivity index (χ3n) is 3.38. The van der Waals surface area contributed by atoms with Crippen molar-refractivity contribution < 1.29 is 4.74 Å². The molecule has 1 aromatic rings. The van der Waals surface area contributed by atoms with Gasteiger partial charge in [-0.25, -0.2) is 8.10 Å². The molecule has 0 radical (unpaired) electrons. The van der Waals surface area contributed by atoms with Crippen LogP contribution in [-0.4, -0.2) is 40.4 Å². The summed E-state index contributed by atoms with van der Waals surface area (Å²) in [4.78, 5) is 6.73. The Morgan fingerprint density at radius 3 is 3.22 bits per heavy atom. The number of ether oxygens (including phenoxy) is 1. The number of nitriles is 1. The first kappa shape index (κ1) is 12.0. The summed E-state index contributed by atoms with van der Waals surface area (Å²) >= 11 is 2.37. The van der Waals surface area contributed by atoms with Gasteiger partial charge >= 0.3 is 0 Å². The number of pyridine rings is 1. The van der Waals surface area contributed by atoms with Gasteiger partial charge in [-0.1, -0.05) is 0 Å². The topological polar surface area (TPSA) is 52.4 Å². The Balaban J connectivity index is 1.97. The summed E-state index contributed by atoms with van der Waals surface area (Å²) in [7, 11) is 0. The predicted molar refractivity (Wildman–Crippen MR) is 75.8 cm³/mol. The number of hydrogen-bond acceptors (Lipinski definition) is 5. The van der Waals surface area contributed by atoms with Gasteiger partial charge in [0.25, 0.3) is 0 Å². The van der Waals surface area contributed by atoms with Gasteiger partial charge in [0.2, 0.25) is 0 Å². The van der Waals surface area contributed by atoms with Crippen LogP contribution < -0.4 is 9.64 Å². The zero-order chi connectivity index (χ0) is 12.5. The SMILES string of the molecule is N#Cc1cnc2c(c1)OCCC1CN(I)CCN21. The zero-order valence-corrected chi connectivity index (χ0v) is 12.0. The van der Waals surface area contributed by atoms with E-state index >= 15 is 0 Å². The normalized spacial score (nSPS) is 23.3. The van der Waals surface area contributed by atoms with Crippen LogP contribution in [0.25, 0.3) is 0 Å². The Bertz CT molecular complexity index is 501. The van der Waals surface area contributed by atoms with Crippen LogP contribution in [0.4, 0.5) is 5.82 Å². The molecule has 5 nitrogen and oxygen atoms in total. The number of piperazine rings is 1. The molecule has 1 unspecified atom stereocenters. The fourth-order valence-corrected chi connectivity index (χ4v) is 3.14. The molecule has 3 heterocycles. The molecule has 2 aliphatic rings. The van der Waals surface area contributed by atoms with Crippen LogP contribution in [0.2, 0.25) is 0 Å². The molecule has 1 fully saturated rings. The van der Waals surface area contributed by atoms with E-state index in [0.29, 0.717) is 18.2 Å². The standard InChI is InChI=1S/C12H13IN4O/c13-16-2-3-17-10(8-16)1-4-18-11-5-9(6-14)7-15-12(11)17/h5,7,10H,1-4,8H2. The number of fused-ring (bicyclic) bond motifs is 3. The van der Waals surface area contributed by atoms with Crippen molar-refractivity contribution in [2.75, 3.05) is 31.1 Å². The zero-order valence-electron chi connectivity index (χ0n) is 9.84. The minimum atomic E-state index is 0.456. The summed E-state index contributed by atoms with van der Waals surface area (Å²) in [6.07, 6.45) is 2.62. The molecule has 1 atom stereocenters. The van der Waals surface area contributed by atoms with Crippen LogP contribution in [0.3, 0.4) is 0 Å². The molecule has 0 N–H and O–H groups in total. The fraction of sp³-hybridized carbons (Fsp3) is 0.500. The van der Waals surface area contributed by atoms with Crippen molar-refractivity contribution in [1.82, 2.24) is 8.10 Å². The first-order valence-electron chi connectivity index (χ1n) is 5.98. The molecule has 0 saturated carbocycles. The maximum atomic E-state index is 8.91. The summed E-state index contributed by atoms with van der Waals surface area (Å²) in [5.74, 6) is 1.64. The summed E-state index contributed by atoms with van der Waals surface area (Å²) in [6, 6.07) is 4.35. The molecule has 3 rings (SSSR count). The van der Waals surface area contributed by atoms with Gasteiger partial charge in [0, 0.05) is 67.2 Å². The van der Waals surface area contributed by atoms with Crippen molar-refractivity contribution in [1.29, 1.82) is 5.26 Å². The van der Waals surface area contributed by atoms with Gasteiger partial charge in [-0.3, -0.25) is 0 Å². The molecule has 2 aliphatic heterocycles. The van der Waals surface area contributed by atoms with Crippen molar-refractivity contribution in [2.24, 2.45) is 0 Å². The lowest BCUT2D eigenvalue weighted by molar-refractivity contribution is 0.291. The second-order valence-corrected chi connectivity index (χ2v) is 5.88. The predicted octanol–water partition coefficient (Wildman–Crippen LogP) is 1.58. The van der Waals surface area contributed by atoms with Crippen LogP contribution >= 0.6 is 22.9 Å². The number of halogens is 1. The van der Waals surface area contributed by atoms with Crippen molar-refractivity contribution in [2.45, 2.75) is 12.5 Å². The van der Waals surface area contributed by atoms with E-state index < -0.39 is 0 Å². The summed E-state index contributed by atoms with van der Waals surface area (Å²) in [5, 5.41) is 8.91. The van der Waals surface area contributed by atoms with Gasteiger partial charge in [0.1, 0.15) is 6.07 Å². The lowest BCUT2D eigenvalue weighted by Crippen LogP contribution is -2.50. The monoisotopic (exact) mass is 356 g/mol. The lowest BCUT2D eigenvalue weighted by atomic mass is 10.1. The molecule has 0 bridgehead atoms. The number of nitrogens with zero attached hydrogens (tertiary/aromatic N) is 4. The van der Waals surface area contributed by atoms with Crippen LogP contribution in [0.15, 0.2) is 12.3 Å². The molecule has 94 valence electrons. The minimum Gasteiger partial charge on any atom is -0.490 e. The largest absolute Gasteiger partial charge is 0.490 e. The molecule has 6 heteroatoms. The molecule has 0 amide bonds. The maximum absolute atomic E-state index is 8.91. The number of hydrogen-bond donors (Lipinski definition) is 0. The Morgan fingerprint density at radius 2 is 2.39 bits per heavy atom. The highest BCUT2D eigenvalue weighted by molar-refractivity contribution is 14.1. The van der Waals surface area contributed by atoms with E-state index in [-0.39, 0.29) is 0 Å². The Kier molecular flexibility index (Phi) is 3.26. The van der Waals surface area contributed by atoms with E-state index in [0.717, 1.165) is 37.6 Å². The summed E-state index contributed by atoms with van der Waals surface area (Å²) < 4.78 is 8.05. The van der Waals surface area contributed by atoms with Gasteiger partial charge in [0.05, 0.1) is 12.2 Å². The molecular formula is C12H13IN4O. The van der Waals surface area contributed by atoms with Crippen molar-refractivity contribution >= 4 is 28.7 Å². The van der Waals surface area contributed by atoms with E-state index in [4.69, 9.17) is 10.00 Å². The number of rotatable bonds is 0. The molecule has 18 heavy (non-hydrogen) atoms. The Hall–Kier alpha value is -1.07. The first-order chi connectivity index (χ1) is 8.78. The Labute approximate surface area is 120 Å². The second kappa shape index (κ2) is 4.90. The van der Waals surface area contributed by atoms with E-state index in [9.17, 15) is 0 Å². The van der Waals surface area contributed by atoms with Crippen molar-refractivity contribution in [3.63, 3.8) is 0 Å². The third-order valence-corrected chi connectivity index (χ3v) is 4.25. The third kappa shape index (κ3) is 2.12. The van der Waals surface area contributed by atoms with Crippen LogP contribution in [0, 0.1) is 11.3 Å². The van der Waals surface area contributed by atoms with Crippen molar-refractivity contribution in [3.05, 3.63) is 17.8 Å². The number of aromatic nitrogens is 1. The van der Waals surface area contributed by atoms with Crippen LogP contribution in [0.5, 0.6) is 5.75 Å². The smallest absolute Gasteiger partial charge is 0.171 e. The van der Waals surface area contributed by atoms with Gasteiger partial charge < -0.3 is 9.64 Å². The van der Waals surface area contributed by atoms with Gasteiger partial charge in [0.15, 0.2) is 11.6 Å². The van der Waals surface area contributed by atoms with Gasteiger partial charge in [-0.2, -0.15) is 5.26 Å². The number of anilines is 1. The maximum Gasteiger partial charge on any atom is 0.171 e. The van der Waals surface area contributed by atoms with E-state index in [2.05, 4.69) is 41.9 Å². The molecular weight excluding hydrogens is 343 g/mol. The Morgan fingerprint density at radius 1 is 1.50 bits per heavy atom. The van der Waals surface area contributed by atoms with Crippen LogP contribution in [-0.2, 0) is 0 Å². The quantitative estimate of drug-likeness (QED) is 0.522. The average molecular weight is 356 g/mol. The molecule has 0 aromatic carbocycles. The molecule has 0 spiro atoms. The van der Waals surface area contributed by atoms with Gasteiger partial charge in [-0.05, 0) is 0 Å². The van der Waals surface area contributed by atoms with E-state index in [1.54, 1.807) is 12.3 Å². The minimum absolute atomic E-state index is 0.456. The summed E-state index contributed by atoms with van der Waals surface area (Å²) in [5.41, 5.74) is 0.555.